The Morgan fingerprint density at radius 3 is 2.84 bits per heavy atom. The van der Waals surface area contributed by atoms with Crippen LogP contribution in [0.2, 0.25) is 0 Å². The summed E-state index contributed by atoms with van der Waals surface area (Å²) in [5, 5.41) is 3.48. The first-order valence-electron chi connectivity index (χ1n) is 7.23. The van der Waals surface area contributed by atoms with Crippen molar-refractivity contribution < 1.29 is 4.74 Å². The van der Waals surface area contributed by atoms with E-state index in [-0.39, 0.29) is 0 Å². The molecule has 0 radical (unpaired) electrons. The van der Waals surface area contributed by atoms with Gasteiger partial charge in [0, 0.05) is 19.6 Å². The molecule has 1 aliphatic heterocycles. The second-order valence-electron chi connectivity index (χ2n) is 5.93. The monoisotopic (exact) mass is 262 g/mol. The van der Waals surface area contributed by atoms with Crippen LogP contribution in [0.4, 0.5) is 0 Å². The minimum atomic E-state index is 0.724. The molecule has 19 heavy (non-hydrogen) atoms. The Kier molecular flexibility index (Phi) is 5.37. The number of nitrogens with one attached hydrogen (secondary N) is 1. The van der Waals surface area contributed by atoms with Gasteiger partial charge < -0.3 is 15.0 Å². The molecular formula is C16H26N2O. The number of benzene rings is 1. The molecule has 3 nitrogen and oxygen atoms in total. The Balaban J connectivity index is 1.74. The van der Waals surface area contributed by atoms with Crippen LogP contribution in [0.3, 0.4) is 0 Å². The molecule has 106 valence electrons. The number of nitrogens with zero attached hydrogens (tertiary/aromatic N) is 1. The molecule has 3 heteroatoms. The van der Waals surface area contributed by atoms with Gasteiger partial charge in [-0.1, -0.05) is 32.0 Å². The van der Waals surface area contributed by atoms with Crippen LogP contribution in [0.1, 0.15) is 30.5 Å². The molecule has 0 bridgehead atoms. The topological polar surface area (TPSA) is 24.5 Å². The molecule has 0 aliphatic carbocycles. The van der Waals surface area contributed by atoms with Crippen molar-refractivity contribution in [1.82, 2.24) is 10.2 Å². The Morgan fingerprint density at radius 1 is 1.26 bits per heavy atom. The lowest BCUT2D eigenvalue weighted by Crippen LogP contribution is -2.30. The molecule has 0 saturated carbocycles. The molecular weight excluding hydrogens is 236 g/mol. The first-order chi connectivity index (χ1) is 9.15. The van der Waals surface area contributed by atoms with E-state index in [1.165, 1.54) is 16.7 Å². The lowest BCUT2D eigenvalue weighted by atomic mass is 10.1. The quantitative estimate of drug-likeness (QED) is 0.764. The van der Waals surface area contributed by atoms with E-state index in [1.54, 1.807) is 0 Å². The summed E-state index contributed by atoms with van der Waals surface area (Å²) in [6.07, 6.45) is 0. The highest BCUT2D eigenvalue weighted by atomic mass is 16.5. The number of likely N-dealkylation sites (N-methyl/N-ethyl adjacent to an activating group) is 1. The average molecular weight is 262 g/mol. The first-order valence-corrected chi connectivity index (χ1v) is 7.23. The summed E-state index contributed by atoms with van der Waals surface area (Å²) in [4.78, 5) is 2.37. The van der Waals surface area contributed by atoms with Crippen LogP contribution in [0.5, 0.6) is 0 Å². The molecule has 1 aromatic rings. The molecule has 0 spiro atoms. The fourth-order valence-electron chi connectivity index (χ4n) is 2.38. The van der Waals surface area contributed by atoms with Crippen molar-refractivity contribution in [1.29, 1.82) is 0 Å². The third-order valence-electron chi connectivity index (χ3n) is 3.46. The van der Waals surface area contributed by atoms with Crippen molar-refractivity contribution in [2.24, 2.45) is 5.92 Å². The molecule has 0 saturated heterocycles. The SMILES string of the molecule is CC(C)CNCCN(C)Cc1ccc2c(c1)COC2. The zero-order chi connectivity index (χ0) is 13.7. The Labute approximate surface area is 116 Å². The first kappa shape index (κ1) is 14.5. The molecule has 0 fully saturated rings. The third-order valence-corrected chi connectivity index (χ3v) is 3.46. The van der Waals surface area contributed by atoms with E-state index in [4.69, 9.17) is 4.74 Å². The van der Waals surface area contributed by atoms with E-state index in [2.05, 4.69) is 49.3 Å². The fraction of sp³-hybridized carbons (Fsp3) is 0.625. The molecule has 1 aromatic carbocycles. The standard InChI is InChI=1S/C16H26N2O/c1-13(2)9-17-6-7-18(3)10-14-4-5-15-11-19-12-16(15)8-14/h4-5,8,13,17H,6-7,9-12H2,1-3H3. The molecule has 0 aromatic heterocycles. The summed E-state index contributed by atoms with van der Waals surface area (Å²) in [6.45, 7) is 10.3. The highest BCUT2D eigenvalue weighted by Crippen LogP contribution is 2.21. The normalized spacial score (nSPS) is 14.4. The number of rotatable bonds is 7. The van der Waals surface area contributed by atoms with E-state index < -0.39 is 0 Å². The van der Waals surface area contributed by atoms with Gasteiger partial charge in [0.1, 0.15) is 0 Å². The van der Waals surface area contributed by atoms with Gasteiger partial charge in [-0.3, -0.25) is 0 Å². The van der Waals surface area contributed by atoms with Gasteiger partial charge >= 0.3 is 0 Å². The van der Waals surface area contributed by atoms with E-state index >= 15 is 0 Å². The summed E-state index contributed by atoms with van der Waals surface area (Å²) in [6, 6.07) is 6.73. The van der Waals surface area contributed by atoms with Gasteiger partial charge in [0.25, 0.3) is 0 Å². The zero-order valence-corrected chi connectivity index (χ0v) is 12.4. The number of fused-ring (bicyclic) bond motifs is 1. The van der Waals surface area contributed by atoms with Crippen molar-refractivity contribution in [3.63, 3.8) is 0 Å². The largest absolute Gasteiger partial charge is 0.372 e. The molecule has 0 amide bonds. The highest BCUT2D eigenvalue weighted by molar-refractivity contribution is 5.33. The number of hydrogen-bond acceptors (Lipinski definition) is 3. The molecule has 1 aliphatic rings. The maximum absolute atomic E-state index is 5.45. The fourth-order valence-corrected chi connectivity index (χ4v) is 2.38. The van der Waals surface area contributed by atoms with Crippen LogP contribution in [0, 0.1) is 5.92 Å². The van der Waals surface area contributed by atoms with E-state index in [0.29, 0.717) is 0 Å². The predicted octanol–water partition coefficient (Wildman–Crippen LogP) is 2.39. The lowest BCUT2D eigenvalue weighted by Gasteiger charge is -2.18. The maximum atomic E-state index is 5.45. The minimum Gasteiger partial charge on any atom is -0.372 e. The number of hydrogen-bond donors (Lipinski definition) is 1. The summed E-state index contributed by atoms with van der Waals surface area (Å²) >= 11 is 0. The van der Waals surface area contributed by atoms with Gasteiger partial charge in [0.05, 0.1) is 13.2 Å². The summed E-state index contributed by atoms with van der Waals surface area (Å²) < 4.78 is 5.45. The second-order valence-corrected chi connectivity index (χ2v) is 5.93. The molecule has 2 rings (SSSR count). The lowest BCUT2D eigenvalue weighted by molar-refractivity contribution is 0.134. The zero-order valence-electron chi connectivity index (χ0n) is 12.4. The smallest absolute Gasteiger partial charge is 0.0725 e. The molecule has 1 heterocycles. The molecule has 0 unspecified atom stereocenters. The van der Waals surface area contributed by atoms with Crippen LogP contribution in [-0.4, -0.2) is 31.6 Å². The minimum absolute atomic E-state index is 0.724. The van der Waals surface area contributed by atoms with Crippen LogP contribution < -0.4 is 5.32 Å². The Hall–Kier alpha value is -0.900. The van der Waals surface area contributed by atoms with Crippen molar-refractivity contribution in [2.75, 3.05) is 26.7 Å². The second kappa shape index (κ2) is 7.04. The average Bonchev–Trinajstić information content (AvgIpc) is 2.82. The number of ether oxygens (including phenoxy) is 1. The Bertz CT molecular complexity index is 404. The van der Waals surface area contributed by atoms with Gasteiger partial charge in [-0.15, -0.1) is 0 Å². The molecule has 0 atom stereocenters. The summed E-state index contributed by atoms with van der Waals surface area (Å²) in [7, 11) is 2.18. The summed E-state index contributed by atoms with van der Waals surface area (Å²) in [5.41, 5.74) is 4.10. The van der Waals surface area contributed by atoms with E-state index in [9.17, 15) is 0 Å². The van der Waals surface area contributed by atoms with Gasteiger partial charge in [0.15, 0.2) is 0 Å². The Morgan fingerprint density at radius 2 is 2.05 bits per heavy atom. The third kappa shape index (κ3) is 4.60. The van der Waals surface area contributed by atoms with Gasteiger partial charge in [-0.05, 0) is 36.2 Å². The van der Waals surface area contributed by atoms with Crippen molar-refractivity contribution in [2.45, 2.75) is 33.6 Å². The van der Waals surface area contributed by atoms with Crippen molar-refractivity contribution in [3.8, 4) is 0 Å². The van der Waals surface area contributed by atoms with E-state index in [0.717, 1.165) is 45.3 Å². The highest BCUT2D eigenvalue weighted by Gasteiger charge is 2.11. The van der Waals surface area contributed by atoms with Crippen LogP contribution in [-0.2, 0) is 24.5 Å². The van der Waals surface area contributed by atoms with Gasteiger partial charge in [-0.2, -0.15) is 0 Å². The maximum Gasteiger partial charge on any atom is 0.0725 e. The van der Waals surface area contributed by atoms with Gasteiger partial charge in [-0.25, -0.2) is 0 Å². The van der Waals surface area contributed by atoms with Crippen LogP contribution >= 0.6 is 0 Å². The van der Waals surface area contributed by atoms with Crippen molar-refractivity contribution >= 4 is 0 Å². The van der Waals surface area contributed by atoms with Crippen molar-refractivity contribution in [3.05, 3.63) is 34.9 Å². The van der Waals surface area contributed by atoms with Gasteiger partial charge in [0.2, 0.25) is 0 Å². The molecule has 1 N–H and O–H groups in total. The van der Waals surface area contributed by atoms with E-state index in [1.807, 2.05) is 0 Å². The van der Waals surface area contributed by atoms with Crippen LogP contribution in [0.15, 0.2) is 18.2 Å². The van der Waals surface area contributed by atoms with Crippen LogP contribution in [0.25, 0.3) is 0 Å². The summed E-state index contributed by atoms with van der Waals surface area (Å²) in [5.74, 6) is 0.724. The predicted molar refractivity (Wildman–Crippen MR) is 79.0 cm³/mol.